The van der Waals surface area contributed by atoms with Crippen LogP contribution in [0.5, 0.6) is 0 Å². The average Bonchev–Trinajstić information content (AvgIpc) is 2.55. The summed E-state index contributed by atoms with van der Waals surface area (Å²) >= 11 is 0. The van der Waals surface area contributed by atoms with Gasteiger partial charge in [-0.3, -0.25) is 19.3 Å². The quantitative estimate of drug-likeness (QED) is 0.567. The second-order valence-electron chi connectivity index (χ2n) is 5.14. The summed E-state index contributed by atoms with van der Waals surface area (Å²) in [5, 5.41) is 0. The summed E-state index contributed by atoms with van der Waals surface area (Å²) in [6, 6.07) is -0.969. The lowest BCUT2D eigenvalue weighted by Crippen LogP contribution is -2.46. The maximum atomic E-state index is 12.1. The molecule has 1 saturated carbocycles. The van der Waals surface area contributed by atoms with Crippen molar-refractivity contribution in [2.45, 2.75) is 38.6 Å². The monoisotopic (exact) mass is 267 g/mol. The predicted octanol–water partition coefficient (Wildman–Crippen LogP) is -0.159. The van der Waals surface area contributed by atoms with E-state index in [-0.39, 0.29) is 12.0 Å². The van der Waals surface area contributed by atoms with Crippen LogP contribution in [0.1, 0.15) is 32.6 Å². The molecule has 7 nitrogen and oxygen atoms in total. The number of urea groups is 1. The fourth-order valence-corrected chi connectivity index (χ4v) is 2.79. The number of rotatable bonds is 3. The van der Waals surface area contributed by atoms with Crippen molar-refractivity contribution in [1.82, 2.24) is 9.80 Å². The molecule has 1 aliphatic heterocycles. The van der Waals surface area contributed by atoms with E-state index >= 15 is 0 Å². The van der Waals surface area contributed by atoms with Crippen molar-refractivity contribution in [2.75, 3.05) is 6.54 Å². The van der Waals surface area contributed by atoms with Crippen LogP contribution >= 0.6 is 0 Å². The lowest BCUT2D eigenvalue weighted by atomic mass is 9.85. The van der Waals surface area contributed by atoms with Crippen molar-refractivity contribution in [3.63, 3.8) is 0 Å². The molecule has 2 aliphatic rings. The highest BCUT2D eigenvalue weighted by Gasteiger charge is 2.49. The van der Waals surface area contributed by atoms with E-state index in [9.17, 15) is 19.2 Å². The van der Waals surface area contributed by atoms with Crippen molar-refractivity contribution >= 4 is 23.8 Å². The Balaban J connectivity index is 2.21. The van der Waals surface area contributed by atoms with Crippen LogP contribution < -0.4 is 5.73 Å². The SMILES string of the molecule is C[C@@H]1CCCC[C@H]1N1C(=O)C(=O)N(CC(N)=O)C1=O. The minimum atomic E-state index is -0.957. The highest BCUT2D eigenvalue weighted by molar-refractivity contribution is 6.45. The Hall–Kier alpha value is -1.92. The summed E-state index contributed by atoms with van der Waals surface area (Å²) in [4.78, 5) is 48.2. The smallest absolute Gasteiger partial charge is 0.334 e. The summed E-state index contributed by atoms with van der Waals surface area (Å²) < 4.78 is 0. The normalized spacial score (nSPS) is 28.2. The number of primary amides is 1. The third kappa shape index (κ3) is 2.32. The topological polar surface area (TPSA) is 101 Å². The van der Waals surface area contributed by atoms with Crippen LogP contribution in [0.2, 0.25) is 0 Å². The minimum absolute atomic E-state index is 0.169. The maximum Gasteiger partial charge on any atom is 0.334 e. The van der Waals surface area contributed by atoms with E-state index in [0.717, 1.165) is 24.2 Å². The van der Waals surface area contributed by atoms with Crippen molar-refractivity contribution in [1.29, 1.82) is 0 Å². The van der Waals surface area contributed by atoms with E-state index < -0.39 is 30.3 Å². The Morgan fingerprint density at radius 1 is 1.21 bits per heavy atom. The van der Waals surface area contributed by atoms with Gasteiger partial charge in [-0.05, 0) is 18.8 Å². The molecular formula is C12H17N3O4. The summed E-state index contributed by atoms with van der Waals surface area (Å²) in [7, 11) is 0. The van der Waals surface area contributed by atoms with E-state index in [4.69, 9.17) is 5.73 Å². The van der Waals surface area contributed by atoms with Gasteiger partial charge in [0, 0.05) is 6.04 Å². The first kappa shape index (κ1) is 13.5. The zero-order valence-electron chi connectivity index (χ0n) is 10.8. The summed E-state index contributed by atoms with van der Waals surface area (Å²) in [6.45, 7) is 1.42. The highest BCUT2D eigenvalue weighted by atomic mass is 16.2. The number of nitrogens with two attached hydrogens (primary N) is 1. The summed E-state index contributed by atoms with van der Waals surface area (Å²) in [6.07, 6.45) is 3.62. The summed E-state index contributed by atoms with van der Waals surface area (Å²) in [5.41, 5.74) is 4.98. The van der Waals surface area contributed by atoms with Gasteiger partial charge >= 0.3 is 17.8 Å². The molecule has 1 aliphatic carbocycles. The molecule has 2 atom stereocenters. The molecule has 0 aromatic rings. The van der Waals surface area contributed by atoms with Gasteiger partial charge in [-0.2, -0.15) is 0 Å². The average molecular weight is 267 g/mol. The van der Waals surface area contributed by atoms with Gasteiger partial charge in [0.15, 0.2) is 0 Å². The lowest BCUT2D eigenvalue weighted by Gasteiger charge is -2.33. The van der Waals surface area contributed by atoms with Gasteiger partial charge in [0.1, 0.15) is 6.54 Å². The molecule has 1 saturated heterocycles. The molecule has 2 fully saturated rings. The number of carbonyl (C=O) groups excluding carboxylic acids is 4. The Morgan fingerprint density at radius 2 is 1.84 bits per heavy atom. The largest absolute Gasteiger partial charge is 0.368 e. The number of imide groups is 2. The molecule has 0 aromatic carbocycles. The van der Waals surface area contributed by atoms with Gasteiger partial charge in [0.2, 0.25) is 5.91 Å². The molecule has 2 N–H and O–H groups in total. The maximum absolute atomic E-state index is 12.1. The molecule has 1 heterocycles. The molecule has 5 amide bonds. The number of hydrogen-bond donors (Lipinski definition) is 1. The molecule has 104 valence electrons. The molecular weight excluding hydrogens is 250 g/mol. The van der Waals surface area contributed by atoms with Gasteiger partial charge in [-0.15, -0.1) is 0 Å². The number of carbonyl (C=O) groups is 4. The number of nitrogens with zero attached hydrogens (tertiary/aromatic N) is 2. The van der Waals surface area contributed by atoms with Crippen LogP contribution in [0.15, 0.2) is 0 Å². The predicted molar refractivity (Wildman–Crippen MR) is 64.6 cm³/mol. The Labute approximate surface area is 110 Å². The van der Waals surface area contributed by atoms with Crippen molar-refractivity contribution in [3.05, 3.63) is 0 Å². The van der Waals surface area contributed by atoms with Gasteiger partial charge in [0.25, 0.3) is 0 Å². The standard InChI is InChI=1S/C12H17N3O4/c1-7-4-2-3-5-8(7)15-11(18)10(17)14(12(15)19)6-9(13)16/h7-8H,2-6H2,1H3,(H2,13,16)/t7-,8-/m1/s1. The highest BCUT2D eigenvalue weighted by Crippen LogP contribution is 2.31. The second kappa shape index (κ2) is 4.99. The molecule has 19 heavy (non-hydrogen) atoms. The van der Waals surface area contributed by atoms with Gasteiger partial charge in [-0.1, -0.05) is 19.8 Å². The first-order valence-corrected chi connectivity index (χ1v) is 6.40. The summed E-state index contributed by atoms with van der Waals surface area (Å²) in [5.74, 6) is -2.44. The van der Waals surface area contributed by atoms with Crippen LogP contribution in [0.25, 0.3) is 0 Å². The first-order chi connectivity index (χ1) is 8.93. The van der Waals surface area contributed by atoms with Crippen molar-refractivity contribution < 1.29 is 19.2 Å². The molecule has 7 heteroatoms. The van der Waals surface area contributed by atoms with Gasteiger partial charge < -0.3 is 5.73 Å². The van der Waals surface area contributed by atoms with Crippen LogP contribution in [0.4, 0.5) is 4.79 Å². The Morgan fingerprint density at radius 3 is 2.42 bits per heavy atom. The zero-order chi connectivity index (χ0) is 14.2. The van der Waals surface area contributed by atoms with Crippen molar-refractivity contribution in [2.24, 2.45) is 11.7 Å². The third-order valence-electron chi connectivity index (χ3n) is 3.80. The number of hydrogen-bond acceptors (Lipinski definition) is 4. The van der Waals surface area contributed by atoms with E-state index in [0.29, 0.717) is 11.3 Å². The molecule has 0 radical (unpaired) electrons. The van der Waals surface area contributed by atoms with E-state index in [1.165, 1.54) is 0 Å². The third-order valence-corrected chi connectivity index (χ3v) is 3.80. The van der Waals surface area contributed by atoms with Crippen molar-refractivity contribution in [3.8, 4) is 0 Å². The first-order valence-electron chi connectivity index (χ1n) is 6.40. The fraction of sp³-hybridized carbons (Fsp3) is 0.667. The molecule has 2 rings (SSSR count). The Bertz CT molecular complexity index is 448. The molecule has 0 aromatic heterocycles. The zero-order valence-corrected chi connectivity index (χ0v) is 10.8. The lowest BCUT2D eigenvalue weighted by molar-refractivity contribution is -0.145. The van der Waals surface area contributed by atoms with Crippen LogP contribution in [0, 0.1) is 5.92 Å². The van der Waals surface area contributed by atoms with E-state index in [1.807, 2.05) is 6.92 Å². The second-order valence-corrected chi connectivity index (χ2v) is 5.14. The number of amides is 5. The fourth-order valence-electron chi connectivity index (χ4n) is 2.79. The van der Waals surface area contributed by atoms with Crippen LogP contribution in [-0.2, 0) is 14.4 Å². The van der Waals surface area contributed by atoms with Crippen LogP contribution in [-0.4, -0.2) is 46.1 Å². The van der Waals surface area contributed by atoms with E-state index in [1.54, 1.807) is 0 Å². The minimum Gasteiger partial charge on any atom is -0.368 e. The van der Waals surface area contributed by atoms with E-state index in [2.05, 4.69) is 0 Å². The molecule has 0 unspecified atom stereocenters. The molecule has 0 spiro atoms. The van der Waals surface area contributed by atoms with Crippen LogP contribution in [0.3, 0.4) is 0 Å². The van der Waals surface area contributed by atoms with Gasteiger partial charge in [-0.25, -0.2) is 9.69 Å². The molecule has 0 bridgehead atoms. The Kier molecular flexibility index (Phi) is 3.55. The van der Waals surface area contributed by atoms with Gasteiger partial charge in [0.05, 0.1) is 0 Å².